The third kappa shape index (κ3) is 3.55. The Morgan fingerprint density at radius 2 is 2.04 bits per heavy atom. The molecule has 1 N–H and O–H groups in total. The van der Waals surface area contributed by atoms with Gasteiger partial charge in [-0.3, -0.25) is 4.79 Å². The van der Waals surface area contributed by atoms with E-state index < -0.39 is 5.60 Å². The first kappa shape index (κ1) is 16.0. The summed E-state index contributed by atoms with van der Waals surface area (Å²) in [4.78, 5) is 26.2. The molecule has 0 bridgehead atoms. The summed E-state index contributed by atoms with van der Waals surface area (Å²) in [5.74, 6) is 1.65. The van der Waals surface area contributed by atoms with Gasteiger partial charge in [0.05, 0.1) is 12.1 Å². The molecule has 23 heavy (non-hydrogen) atoms. The Bertz CT molecular complexity index is 573. The van der Waals surface area contributed by atoms with Gasteiger partial charge in [0, 0.05) is 39.8 Å². The molecule has 0 aromatic carbocycles. The molecule has 0 radical (unpaired) electrons. The summed E-state index contributed by atoms with van der Waals surface area (Å²) in [5.41, 5.74) is -0.607. The van der Waals surface area contributed by atoms with Gasteiger partial charge in [0.25, 0.3) is 0 Å². The molecule has 2 fully saturated rings. The lowest BCUT2D eigenvalue weighted by Crippen LogP contribution is -2.49. The molecule has 1 aromatic rings. The molecule has 126 valence electrons. The van der Waals surface area contributed by atoms with Crippen LogP contribution in [0.1, 0.15) is 25.7 Å². The van der Waals surface area contributed by atoms with Gasteiger partial charge in [0.15, 0.2) is 0 Å². The number of aliphatic hydroxyl groups is 1. The van der Waals surface area contributed by atoms with E-state index in [-0.39, 0.29) is 5.91 Å². The summed E-state index contributed by atoms with van der Waals surface area (Å²) < 4.78 is 0. The summed E-state index contributed by atoms with van der Waals surface area (Å²) in [7, 11) is 3.76. The van der Waals surface area contributed by atoms with Crippen LogP contribution in [-0.2, 0) is 4.79 Å². The smallest absolute Gasteiger partial charge is 0.241 e. The number of carbonyl (C=O) groups excluding carboxylic acids is 1. The van der Waals surface area contributed by atoms with E-state index in [2.05, 4.69) is 9.97 Å². The zero-order chi connectivity index (χ0) is 16.4. The van der Waals surface area contributed by atoms with Crippen LogP contribution < -0.4 is 9.80 Å². The molecule has 7 heteroatoms. The number of likely N-dealkylation sites (N-methyl/N-ethyl adjacent to an activating group) is 2. The van der Waals surface area contributed by atoms with E-state index in [1.807, 2.05) is 30.0 Å². The number of rotatable bonds is 4. The topological polar surface area (TPSA) is 72.8 Å². The fourth-order valence-corrected chi connectivity index (χ4v) is 3.39. The second kappa shape index (κ2) is 6.31. The predicted molar refractivity (Wildman–Crippen MR) is 88.6 cm³/mol. The third-order valence-corrected chi connectivity index (χ3v) is 4.88. The van der Waals surface area contributed by atoms with Gasteiger partial charge in [-0.2, -0.15) is 0 Å². The zero-order valence-corrected chi connectivity index (χ0v) is 13.9. The molecule has 2 heterocycles. The number of hydrogen-bond acceptors (Lipinski definition) is 6. The third-order valence-electron chi connectivity index (χ3n) is 4.88. The van der Waals surface area contributed by atoms with Gasteiger partial charge >= 0.3 is 0 Å². The Kier molecular flexibility index (Phi) is 4.39. The summed E-state index contributed by atoms with van der Waals surface area (Å²) >= 11 is 0. The van der Waals surface area contributed by atoms with Crippen molar-refractivity contribution in [2.45, 2.75) is 31.3 Å². The molecular formula is C16H25N5O2. The van der Waals surface area contributed by atoms with Crippen molar-refractivity contribution in [3.05, 3.63) is 12.4 Å². The van der Waals surface area contributed by atoms with Crippen LogP contribution in [0.4, 0.5) is 11.6 Å². The largest absolute Gasteiger partial charge is 0.388 e. The fourth-order valence-electron chi connectivity index (χ4n) is 3.39. The highest BCUT2D eigenvalue weighted by molar-refractivity contribution is 5.82. The Morgan fingerprint density at radius 1 is 1.30 bits per heavy atom. The quantitative estimate of drug-likeness (QED) is 0.871. The SMILES string of the molecule is CN1CCN(c2cc(N(C)CC3(O)CCCC3)ncn2)CC1=O. The first-order valence-electron chi connectivity index (χ1n) is 8.21. The van der Waals surface area contributed by atoms with Crippen molar-refractivity contribution in [3.8, 4) is 0 Å². The number of nitrogens with zero attached hydrogens (tertiary/aromatic N) is 5. The van der Waals surface area contributed by atoms with Crippen LogP contribution in [0.3, 0.4) is 0 Å². The van der Waals surface area contributed by atoms with Gasteiger partial charge in [-0.25, -0.2) is 9.97 Å². The van der Waals surface area contributed by atoms with Crippen molar-refractivity contribution in [1.29, 1.82) is 0 Å². The second-order valence-corrected chi connectivity index (χ2v) is 6.76. The first-order valence-corrected chi connectivity index (χ1v) is 8.21. The molecule has 1 aliphatic heterocycles. The van der Waals surface area contributed by atoms with Gasteiger partial charge in [0.2, 0.25) is 5.91 Å². The maximum atomic E-state index is 11.9. The average molecular weight is 319 g/mol. The molecule has 7 nitrogen and oxygen atoms in total. The minimum atomic E-state index is -0.607. The van der Waals surface area contributed by atoms with Crippen LogP contribution in [-0.4, -0.2) is 71.8 Å². The molecule has 2 aliphatic rings. The lowest BCUT2D eigenvalue weighted by Gasteiger charge is -2.33. The van der Waals surface area contributed by atoms with Crippen LogP contribution in [0, 0.1) is 0 Å². The summed E-state index contributed by atoms with van der Waals surface area (Å²) in [6, 6.07) is 1.90. The van der Waals surface area contributed by atoms with E-state index in [0.29, 0.717) is 19.6 Å². The second-order valence-electron chi connectivity index (χ2n) is 6.76. The number of hydrogen-bond donors (Lipinski definition) is 1. The van der Waals surface area contributed by atoms with Crippen molar-refractivity contribution in [2.75, 3.05) is 50.1 Å². The average Bonchev–Trinajstić information content (AvgIpc) is 2.96. The Morgan fingerprint density at radius 3 is 2.74 bits per heavy atom. The van der Waals surface area contributed by atoms with Crippen molar-refractivity contribution >= 4 is 17.5 Å². The van der Waals surface area contributed by atoms with E-state index >= 15 is 0 Å². The summed E-state index contributed by atoms with van der Waals surface area (Å²) in [5, 5.41) is 10.6. The molecule has 1 saturated carbocycles. The van der Waals surface area contributed by atoms with E-state index in [4.69, 9.17) is 0 Å². The van der Waals surface area contributed by atoms with Crippen LogP contribution >= 0.6 is 0 Å². The van der Waals surface area contributed by atoms with E-state index in [9.17, 15) is 9.90 Å². The van der Waals surface area contributed by atoms with Crippen molar-refractivity contribution in [3.63, 3.8) is 0 Å². The zero-order valence-electron chi connectivity index (χ0n) is 13.9. The van der Waals surface area contributed by atoms with Crippen LogP contribution in [0.15, 0.2) is 12.4 Å². The minimum absolute atomic E-state index is 0.102. The maximum Gasteiger partial charge on any atom is 0.241 e. The molecule has 1 aromatic heterocycles. The molecule has 1 amide bonds. The molecule has 0 spiro atoms. The Balaban J connectivity index is 1.70. The molecule has 1 aliphatic carbocycles. The highest BCUT2D eigenvalue weighted by Gasteiger charge is 2.32. The van der Waals surface area contributed by atoms with Crippen molar-refractivity contribution < 1.29 is 9.90 Å². The van der Waals surface area contributed by atoms with Crippen LogP contribution in [0.5, 0.6) is 0 Å². The van der Waals surface area contributed by atoms with Crippen LogP contribution in [0.2, 0.25) is 0 Å². The molecular weight excluding hydrogens is 294 g/mol. The minimum Gasteiger partial charge on any atom is -0.388 e. The molecule has 3 rings (SSSR count). The number of anilines is 2. The van der Waals surface area contributed by atoms with E-state index in [1.165, 1.54) is 6.33 Å². The maximum absolute atomic E-state index is 11.9. The highest BCUT2D eigenvalue weighted by Crippen LogP contribution is 2.31. The van der Waals surface area contributed by atoms with Gasteiger partial charge in [0.1, 0.15) is 18.0 Å². The number of piperazine rings is 1. The van der Waals surface area contributed by atoms with Crippen molar-refractivity contribution in [2.24, 2.45) is 0 Å². The highest BCUT2D eigenvalue weighted by atomic mass is 16.3. The lowest BCUT2D eigenvalue weighted by atomic mass is 10.0. The monoisotopic (exact) mass is 319 g/mol. The fraction of sp³-hybridized carbons (Fsp3) is 0.688. The summed E-state index contributed by atoms with van der Waals surface area (Å²) in [6.45, 7) is 2.39. The number of carbonyl (C=O) groups is 1. The van der Waals surface area contributed by atoms with Crippen molar-refractivity contribution in [1.82, 2.24) is 14.9 Å². The standard InChI is InChI=1S/C16H25N5O2/c1-19-7-8-21(10-15(19)22)14-9-13(17-12-18-14)20(2)11-16(23)5-3-4-6-16/h9,12,23H,3-8,10-11H2,1-2H3. The van der Waals surface area contributed by atoms with Crippen LogP contribution in [0.25, 0.3) is 0 Å². The predicted octanol–water partition coefficient (Wildman–Crippen LogP) is 0.496. The number of amides is 1. The Labute approximate surface area is 136 Å². The molecule has 0 atom stereocenters. The molecule has 1 saturated heterocycles. The summed E-state index contributed by atoms with van der Waals surface area (Å²) in [6.07, 6.45) is 5.40. The van der Waals surface area contributed by atoms with Gasteiger partial charge in [-0.1, -0.05) is 12.8 Å². The molecule has 0 unspecified atom stereocenters. The normalized spacial score (nSPS) is 20.9. The van der Waals surface area contributed by atoms with Gasteiger partial charge in [-0.05, 0) is 12.8 Å². The lowest BCUT2D eigenvalue weighted by molar-refractivity contribution is -0.129. The number of aromatic nitrogens is 2. The van der Waals surface area contributed by atoms with Gasteiger partial charge < -0.3 is 19.8 Å². The Hall–Kier alpha value is -1.89. The van der Waals surface area contributed by atoms with E-state index in [0.717, 1.165) is 43.9 Å². The van der Waals surface area contributed by atoms with E-state index in [1.54, 1.807) is 4.90 Å². The first-order chi connectivity index (χ1) is 11.0. The van der Waals surface area contributed by atoms with Gasteiger partial charge in [-0.15, -0.1) is 0 Å².